The van der Waals surface area contributed by atoms with Crippen molar-refractivity contribution in [1.29, 1.82) is 0 Å². The summed E-state index contributed by atoms with van der Waals surface area (Å²) in [5, 5.41) is 8.79. The van der Waals surface area contributed by atoms with E-state index in [2.05, 4.69) is 0 Å². The Morgan fingerprint density at radius 1 is 1.33 bits per heavy atom. The van der Waals surface area contributed by atoms with E-state index in [1.807, 2.05) is 13.8 Å². The highest BCUT2D eigenvalue weighted by Gasteiger charge is 1.96. The predicted octanol–water partition coefficient (Wildman–Crippen LogP) is 1.18. The van der Waals surface area contributed by atoms with Crippen LogP contribution in [0.25, 0.3) is 0 Å². The lowest BCUT2D eigenvalue weighted by Gasteiger charge is -2.07. The normalized spacial score (nSPS) is 14.3. The standard InChI is InChI=1S/C7H16O2/c1-6(2)9-5-4-7(3)8/h6-8H,4-5H2,1-3H3/t7-/m1/s1. The number of ether oxygens (including phenoxy) is 1. The molecule has 0 aromatic rings. The van der Waals surface area contributed by atoms with Crippen LogP contribution in [0.1, 0.15) is 27.2 Å². The first kappa shape index (κ1) is 8.92. The smallest absolute Gasteiger partial charge is 0.0534 e. The van der Waals surface area contributed by atoms with Gasteiger partial charge in [0.25, 0.3) is 0 Å². The molecule has 0 aromatic carbocycles. The summed E-state index contributed by atoms with van der Waals surface area (Å²) in [6.45, 7) is 6.41. The number of hydrogen-bond acceptors (Lipinski definition) is 2. The largest absolute Gasteiger partial charge is 0.393 e. The van der Waals surface area contributed by atoms with E-state index in [0.717, 1.165) is 6.42 Å². The second-order valence-corrected chi connectivity index (χ2v) is 2.56. The van der Waals surface area contributed by atoms with Crippen molar-refractivity contribution in [3.8, 4) is 0 Å². The lowest BCUT2D eigenvalue weighted by atomic mass is 10.3. The Morgan fingerprint density at radius 3 is 2.22 bits per heavy atom. The van der Waals surface area contributed by atoms with Gasteiger partial charge in [0, 0.05) is 6.61 Å². The topological polar surface area (TPSA) is 29.5 Å². The van der Waals surface area contributed by atoms with E-state index in [-0.39, 0.29) is 12.2 Å². The monoisotopic (exact) mass is 132 g/mol. The summed E-state index contributed by atoms with van der Waals surface area (Å²) in [6, 6.07) is 0. The number of aliphatic hydroxyl groups excluding tert-OH is 1. The van der Waals surface area contributed by atoms with E-state index >= 15 is 0 Å². The van der Waals surface area contributed by atoms with Crippen molar-refractivity contribution in [1.82, 2.24) is 0 Å². The van der Waals surface area contributed by atoms with Gasteiger partial charge in [-0.25, -0.2) is 0 Å². The molecule has 0 bridgehead atoms. The molecule has 2 heteroatoms. The van der Waals surface area contributed by atoms with Crippen molar-refractivity contribution in [3.05, 3.63) is 0 Å². The van der Waals surface area contributed by atoms with Crippen LogP contribution in [0.5, 0.6) is 0 Å². The minimum atomic E-state index is -0.233. The maximum Gasteiger partial charge on any atom is 0.0534 e. The molecular weight excluding hydrogens is 116 g/mol. The number of hydrogen-bond donors (Lipinski definition) is 1. The Balaban J connectivity index is 2.91. The van der Waals surface area contributed by atoms with Crippen molar-refractivity contribution in [2.75, 3.05) is 6.61 Å². The fraction of sp³-hybridized carbons (Fsp3) is 1.00. The highest BCUT2D eigenvalue weighted by atomic mass is 16.5. The molecule has 0 saturated heterocycles. The highest BCUT2D eigenvalue weighted by Crippen LogP contribution is 1.93. The molecule has 0 heterocycles. The average molecular weight is 132 g/mol. The molecule has 0 radical (unpaired) electrons. The third-order valence-corrected chi connectivity index (χ3v) is 0.987. The van der Waals surface area contributed by atoms with Crippen LogP contribution in [0.2, 0.25) is 0 Å². The zero-order valence-electron chi connectivity index (χ0n) is 6.42. The molecule has 0 aliphatic carbocycles. The summed E-state index contributed by atoms with van der Waals surface area (Å²) in [5.74, 6) is 0. The van der Waals surface area contributed by atoms with Gasteiger partial charge < -0.3 is 9.84 Å². The minimum absolute atomic E-state index is 0.233. The van der Waals surface area contributed by atoms with Gasteiger partial charge in [-0.15, -0.1) is 0 Å². The Kier molecular flexibility index (Phi) is 4.72. The first-order chi connectivity index (χ1) is 4.13. The quantitative estimate of drug-likeness (QED) is 0.622. The lowest BCUT2D eigenvalue weighted by Crippen LogP contribution is -2.09. The first-order valence-corrected chi connectivity index (χ1v) is 3.42. The van der Waals surface area contributed by atoms with Gasteiger partial charge in [0.1, 0.15) is 0 Å². The van der Waals surface area contributed by atoms with Crippen LogP contribution in [-0.2, 0) is 4.74 Å². The van der Waals surface area contributed by atoms with E-state index < -0.39 is 0 Å². The van der Waals surface area contributed by atoms with Crippen LogP contribution in [0.4, 0.5) is 0 Å². The molecule has 2 nitrogen and oxygen atoms in total. The molecule has 0 saturated carbocycles. The van der Waals surface area contributed by atoms with E-state index in [0.29, 0.717) is 6.61 Å². The molecule has 0 aliphatic rings. The maximum absolute atomic E-state index is 8.79. The zero-order chi connectivity index (χ0) is 7.28. The lowest BCUT2D eigenvalue weighted by molar-refractivity contribution is 0.0513. The third-order valence-electron chi connectivity index (χ3n) is 0.987. The molecular formula is C7H16O2. The van der Waals surface area contributed by atoms with Gasteiger partial charge in [0.15, 0.2) is 0 Å². The van der Waals surface area contributed by atoms with Crippen LogP contribution in [0.3, 0.4) is 0 Å². The first-order valence-electron chi connectivity index (χ1n) is 3.42. The Bertz CT molecular complexity index is 51.9. The van der Waals surface area contributed by atoms with Gasteiger partial charge in [0.05, 0.1) is 12.2 Å². The number of aliphatic hydroxyl groups is 1. The van der Waals surface area contributed by atoms with Crippen LogP contribution in [0, 0.1) is 0 Å². The van der Waals surface area contributed by atoms with Crippen molar-refractivity contribution in [2.24, 2.45) is 0 Å². The maximum atomic E-state index is 8.79. The van der Waals surface area contributed by atoms with Crippen LogP contribution < -0.4 is 0 Å². The molecule has 1 atom stereocenters. The van der Waals surface area contributed by atoms with Gasteiger partial charge in [-0.3, -0.25) is 0 Å². The second-order valence-electron chi connectivity index (χ2n) is 2.56. The van der Waals surface area contributed by atoms with Gasteiger partial charge in [0.2, 0.25) is 0 Å². The Morgan fingerprint density at radius 2 is 1.89 bits per heavy atom. The highest BCUT2D eigenvalue weighted by molar-refractivity contribution is 4.45. The molecule has 0 aromatic heterocycles. The summed E-state index contributed by atoms with van der Waals surface area (Å²) in [6.07, 6.45) is 0.783. The summed E-state index contributed by atoms with van der Waals surface area (Å²) in [4.78, 5) is 0. The third kappa shape index (κ3) is 7.92. The predicted molar refractivity (Wildman–Crippen MR) is 37.4 cm³/mol. The van der Waals surface area contributed by atoms with E-state index in [1.54, 1.807) is 6.92 Å². The molecule has 1 N–H and O–H groups in total. The molecule has 0 unspecified atom stereocenters. The average Bonchev–Trinajstić information content (AvgIpc) is 1.63. The molecule has 0 aliphatic heterocycles. The van der Waals surface area contributed by atoms with E-state index in [4.69, 9.17) is 9.84 Å². The fourth-order valence-electron chi connectivity index (χ4n) is 0.474. The summed E-state index contributed by atoms with van der Waals surface area (Å²) in [5.41, 5.74) is 0. The SMILES string of the molecule is CC(C)OCC[C@@H](C)O. The van der Waals surface area contributed by atoms with E-state index in [9.17, 15) is 0 Å². The summed E-state index contributed by atoms with van der Waals surface area (Å²) in [7, 11) is 0. The van der Waals surface area contributed by atoms with Crippen molar-refractivity contribution in [2.45, 2.75) is 39.4 Å². The van der Waals surface area contributed by atoms with Crippen LogP contribution in [0.15, 0.2) is 0 Å². The Hall–Kier alpha value is -0.0800. The minimum Gasteiger partial charge on any atom is -0.393 e. The van der Waals surface area contributed by atoms with Crippen LogP contribution >= 0.6 is 0 Å². The zero-order valence-corrected chi connectivity index (χ0v) is 6.42. The fourth-order valence-corrected chi connectivity index (χ4v) is 0.474. The number of rotatable bonds is 4. The van der Waals surface area contributed by atoms with Crippen molar-refractivity contribution >= 4 is 0 Å². The van der Waals surface area contributed by atoms with Gasteiger partial charge in [-0.05, 0) is 27.2 Å². The Labute approximate surface area is 56.8 Å². The second kappa shape index (κ2) is 4.77. The summed E-state index contributed by atoms with van der Waals surface area (Å²) >= 11 is 0. The van der Waals surface area contributed by atoms with E-state index in [1.165, 1.54) is 0 Å². The van der Waals surface area contributed by atoms with Crippen molar-refractivity contribution in [3.63, 3.8) is 0 Å². The molecule has 0 fully saturated rings. The summed E-state index contributed by atoms with van der Waals surface area (Å²) < 4.78 is 5.19. The van der Waals surface area contributed by atoms with Gasteiger partial charge in [-0.1, -0.05) is 0 Å². The molecule has 9 heavy (non-hydrogen) atoms. The van der Waals surface area contributed by atoms with Crippen molar-refractivity contribution < 1.29 is 9.84 Å². The molecule has 0 spiro atoms. The van der Waals surface area contributed by atoms with Crippen LogP contribution in [-0.4, -0.2) is 23.9 Å². The molecule has 0 amide bonds. The van der Waals surface area contributed by atoms with Gasteiger partial charge >= 0.3 is 0 Å². The van der Waals surface area contributed by atoms with Gasteiger partial charge in [-0.2, -0.15) is 0 Å². The molecule has 56 valence electrons. The molecule has 0 rings (SSSR count).